The number of amides is 2. The number of methoxy groups -OCH3 is 1. The molecule has 0 radical (unpaired) electrons. The van der Waals surface area contributed by atoms with Crippen LogP contribution in [0.2, 0.25) is 10.0 Å². The molecule has 0 saturated heterocycles. The van der Waals surface area contributed by atoms with E-state index in [9.17, 15) is 9.59 Å². The molecule has 2 rings (SSSR count). The van der Waals surface area contributed by atoms with Crippen molar-refractivity contribution in [3.8, 4) is 0 Å². The first kappa shape index (κ1) is 21.1. The van der Waals surface area contributed by atoms with Crippen molar-refractivity contribution in [1.82, 2.24) is 5.32 Å². The quantitative estimate of drug-likeness (QED) is 0.616. The average molecular weight is 409 g/mol. The van der Waals surface area contributed by atoms with Crippen molar-refractivity contribution in [1.29, 1.82) is 0 Å². The summed E-state index contributed by atoms with van der Waals surface area (Å²) in [6, 6.07) is 11.5. The number of nitrogens with one attached hydrogen (secondary N) is 2. The van der Waals surface area contributed by atoms with E-state index < -0.39 is 18.0 Å². The van der Waals surface area contributed by atoms with E-state index in [0.29, 0.717) is 21.7 Å². The van der Waals surface area contributed by atoms with Crippen molar-refractivity contribution in [3.63, 3.8) is 0 Å². The second-order valence-electron chi connectivity index (χ2n) is 6.38. The Labute approximate surface area is 169 Å². The summed E-state index contributed by atoms with van der Waals surface area (Å²) in [5, 5.41) is 6.26. The molecular formula is C20H22Cl2N2O3. The zero-order valence-electron chi connectivity index (χ0n) is 15.4. The largest absolute Gasteiger partial charge is 0.469 e. The number of carbonyl (C=O) groups excluding carboxylic acids is 2. The van der Waals surface area contributed by atoms with E-state index in [1.807, 2.05) is 24.3 Å². The standard InChI is InChI=1S/C20H22Cl2N2O3/c1-12(2)13-4-6-14(7-5-13)18(11-19(25)27-3)24-20(26)23-17-9-8-15(21)10-16(17)22/h4-10,12,18H,11H2,1-3H3,(H2,23,24,26). The van der Waals surface area contributed by atoms with Crippen LogP contribution in [0.4, 0.5) is 10.5 Å². The summed E-state index contributed by atoms with van der Waals surface area (Å²) in [5.74, 6) is -0.0285. The van der Waals surface area contributed by atoms with Crippen LogP contribution in [0, 0.1) is 0 Å². The Morgan fingerprint density at radius 1 is 1.04 bits per heavy atom. The molecule has 0 bridgehead atoms. The first-order chi connectivity index (χ1) is 12.8. The first-order valence-corrected chi connectivity index (χ1v) is 9.25. The van der Waals surface area contributed by atoms with Gasteiger partial charge in [0.15, 0.2) is 0 Å². The van der Waals surface area contributed by atoms with E-state index in [4.69, 9.17) is 27.9 Å². The van der Waals surface area contributed by atoms with Gasteiger partial charge < -0.3 is 15.4 Å². The van der Waals surface area contributed by atoms with Crippen LogP contribution < -0.4 is 10.6 Å². The van der Waals surface area contributed by atoms with Crippen molar-refractivity contribution < 1.29 is 14.3 Å². The highest BCUT2D eigenvalue weighted by atomic mass is 35.5. The number of carbonyl (C=O) groups is 2. The maximum atomic E-state index is 12.4. The molecule has 0 heterocycles. The van der Waals surface area contributed by atoms with Crippen LogP contribution in [0.15, 0.2) is 42.5 Å². The fourth-order valence-electron chi connectivity index (χ4n) is 2.52. The highest BCUT2D eigenvalue weighted by Gasteiger charge is 2.19. The summed E-state index contributed by atoms with van der Waals surface area (Å²) in [7, 11) is 1.31. The SMILES string of the molecule is COC(=O)CC(NC(=O)Nc1ccc(Cl)cc1Cl)c1ccc(C(C)C)cc1. The minimum Gasteiger partial charge on any atom is -0.469 e. The molecule has 0 spiro atoms. The van der Waals surface area contributed by atoms with Crippen LogP contribution in [-0.4, -0.2) is 19.1 Å². The van der Waals surface area contributed by atoms with Gasteiger partial charge in [-0.2, -0.15) is 0 Å². The molecule has 1 atom stereocenters. The number of rotatable bonds is 6. The molecule has 0 aliphatic carbocycles. The highest BCUT2D eigenvalue weighted by molar-refractivity contribution is 6.36. The Morgan fingerprint density at radius 3 is 2.22 bits per heavy atom. The molecule has 7 heteroatoms. The summed E-state index contributed by atoms with van der Waals surface area (Å²) in [4.78, 5) is 24.2. The number of benzene rings is 2. The lowest BCUT2D eigenvalue weighted by Crippen LogP contribution is -2.34. The van der Waals surface area contributed by atoms with Crippen molar-refractivity contribution in [2.24, 2.45) is 0 Å². The lowest BCUT2D eigenvalue weighted by Gasteiger charge is -2.19. The van der Waals surface area contributed by atoms with Gasteiger partial charge in [0, 0.05) is 5.02 Å². The number of halogens is 2. The maximum Gasteiger partial charge on any atom is 0.319 e. The predicted molar refractivity (Wildman–Crippen MR) is 109 cm³/mol. The number of hydrogen-bond donors (Lipinski definition) is 2. The van der Waals surface area contributed by atoms with E-state index in [0.717, 1.165) is 5.56 Å². The Bertz CT molecular complexity index is 807. The lowest BCUT2D eigenvalue weighted by molar-refractivity contribution is -0.141. The topological polar surface area (TPSA) is 67.4 Å². The maximum absolute atomic E-state index is 12.4. The van der Waals surface area contributed by atoms with E-state index in [1.165, 1.54) is 18.7 Å². The molecule has 5 nitrogen and oxygen atoms in total. The third kappa shape index (κ3) is 6.15. The van der Waals surface area contributed by atoms with Crippen LogP contribution in [0.5, 0.6) is 0 Å². The number of hydrogen-bond acceptors (Lipinski definition) is 3. The van der Waals surface area contributed by atoms with Crippen molar-refractivity contribution >= 4 is 40.9 Å². The highest BCUT2D eigenvalue weighted by Crippen LogP contribution is 2.26. The van der Waals surface area contributed by atoms with Gasteiger partial charge in [0.25, 0.3) is 0 Å². The molecule has 1 unspecified atom stereocenters. The summed E-state index contributed by atoms with van der Waals surface area (Å²) in [5.41, 5.74) is 2.40. The van der Waals surface area contributed by atoms with Crippen molar-refractivity contribution in [2.75, 3.05) is 12.4 Å². The van der Waals surface area contributed by atoms with Gasteiger partial charge in [0.2, 0.25) is 0 Å². The van der Waals surface area contributed by atoms with E-state index >= 15 is 0 Å². The average Bonchev–Trinajstić information content (AvgIpc) is 2.63. The molecule has 0 aromatic heterocycles. The van der Waals surface area contributed by atoms with Crippen LogP contribution in [-0.2, 0) is 9.53 Å². The van der Waals surface area contributed by atoms with Gasteiger partial charge in [-0.3, -0.25) is 4.79 Å². The number of anilines is 1. The molecule has 0 saturated carbocycles. The molecule has 0 aliphatic rings. The fourth-order valence-corrected chi connectivity index (χ4v) is 2.98. The second-order valence-corrected chi connectivity index (χ2v) is 7.22. The zero-order valence-corrected chi connectivity index (χ0v) is 16.9. The Kier molecular flexibility index (Phi) is 7.51. The smallest absolute Gasteiger partial charge is 0.319 e. The van der Waals surface area contributed by atoms with Crippen molar-refractivity contribution in [2.45, 2.75) is 32.2 Å². The minimum absolute atomic E-state index is 0.0132. The molecule has 2 amide bonds. The Morgan fingerprint density at radius 2 is 1.67 bits per heavy atom. The number of urea groups is 1. The molecule has 2 aromatic rings. The molecule has 144 valence electrons. The number of ether oxygens (including phenoxy) is 1. The Balaban J connectivity index is 2.15. The number of esters is 1. The van der Waals surface area contributed by atoms with E-state index in [1.54, 1.807) is 12.1 Å². The van der Waals surface area contributed by atoms with Crippen LogP contribution >= 0.6 is 23.2 Å². The normalized spacial score (nSPS) is 11.8. The lowest BCUT2D eigenvalue weighted by atomic mass is 9.98. The molecule has 2 N–H and O–H groups in total. The summed E-state index contributed by atoms with van der Waals surface area (Å²) < 4.78 is 4.75. The van der Waals surface area contributed by atoms with Crippen LogP contribution in [0.1, 0.15) is 43.4 Å². The summed E-state index contributed by atoms with van der Waals surface area (Å²) in [6.07, 6.45) is 0.0132. The van der Waals surface area contributed by atoms with Crippen LogP contribution in [0.25, 0.3) is 0 Å². The molecule has 0 fully saturated rings. The van der Waals surface area contributed by atoms with E-state index in [-0.39, 0.29) is 6.42 Å². The van der Waals surface area contributed by atoms with Gasteiger partial charge in [-0.25, -0.2) is 4.79 Å². The van der Waals surface area contributed by atoms with Gasteiger partial charge in [-0.05, 0) is 35.2 Å². The fraction of sp³-hybridized carbons (Fsp3) is 0.300. The third-order valence-electron chi connectivity index (χ3n) is 4.09. The summed E-state index contributed by atoms with van der Waals surface area (Å²) >= 11 is 11.9. The van der Waals surface area contributed by atoms with Gasteiger partial charge in [-0.1, -0.05) is 61.3 Å². The second kappa shape index (κ2) is 9.62. The van der Waals surface area contributed by atoms with Crippen molar-refractivity contribution in [3.05, 3.63) is 63.6 Å². The molecular weight excluding hydrogens is 387 g/mol. The molecule has 27 heavy (non-hydrogen) atoms. The Hall–Kier alpha value is -2.24. The predicted octanol–water partition coefficient (Wildman–Crippen LogP) is 5.54. The molecule has 0 aliphatic heterocycles. The first-order valence-electron chi connectivity index (χ1n) is 8.49. The minimum atomic E-state index is -0.537. The monoisotopic (exact) mass is 408 g/mol. The van der Waals surface area contributed by atoms with Gasteiger partial charge in [-0.15, -0.1) is 0 Å². The van der Waals surface area contributed by atoms with Gasteiger partial charge >= 0.3 is 12.0 Å². The van der Waals surface area contributed by atoms with Crippen LogP contribution in [0.3, 0.4) is 0 Å². The van der Waals surface area contributed by atoms with Gasteiger partial charge in [0.1, 0.15) is 0 Å². The van der Waals surface area contributed by atoms with E-state index in [2.05, 4.69) is 24.5 Å². The summed E-state index contributed by atoms with van der Waals surface area (Å²) in [6.45, 7) is 4.20. The van der Waals surface area contributed by atoms with Gasteiger partial charge in [0.05, 0.1) is 30.3 Å². The zero-order chi connectivity index (χ0) is 20.0. The third-order valence-corrected chi connectivity index (χ3v) is 4.64. The molecule has 2 aromatic carbocycles.